The van der Waals surface area contributed by atoms with E-state index in [1.807, 2.05) is 37.3 Å². The fraction of sp³-hybridized carbons (Fsp3) is 0.467. The van der Waals surface area contributed by atoms with Gasteiger partial charge in [-0.25, -0.2) is 4.79 Å². The Morgan fingerprint density at radius 1 is 1.40 bits per heavy atom. The van der Waals surface area contributed by atoms with Crippen molar-refractivity contribution in [1.82, 2.24) is 5.32 Å². The van der Waals surface area contributed by atoms with Crippen molar-refractivity contribution in [1.29, 1.82) is 0 Å². The minimum Gasteiger partial charge on any atom is -0.479 e. The van der Waals surface area contributed by atoms with E-state index in [4.69, 9.17) is 4.74 Å². The van der Waals surface area contributed by atoms with Crippen LogP contribution in [0.25, 0.3) is 0 Å². The smallest absolute Gasteiger partial charge is 0.331 e. The lowest BCUT2D eigenvalue weighted by Crippen LogP contribution is -2.56. The highest BCUT2D eigenvalue weighted by atomic mass is 16.5. The molecule has 1 aliphatic rings. The van der Waals surface area contributed by atoms with Crippen molar-refractivity contribution in [2.24, 2.45) is 0 Å². The third-order valence-electron chi connectivity index (χ3n) is 3.72. The Labute approximate surface area is 117 Å². The average Bonchev–Trinajstić information content (AvgIpc) is 2.90. The molecule has 0 radical (unpaired) electrons. The molecule has 1 heterocycles. The van der Waals surface area contributed by atoms with Crippen LogP contribution in [0.15, 0.2) is 30.3 Å². The van der Waals surface area contributed by atoms with Gasteiger partial charge in [-0.1, -0.05) is 37.3 Å². The topological polar surface area (TPSA) is 75.6 Å². The molecule has 1 fully saturated rings. The highest BCUT2D eigenvalue weighted by molar-refractivity contribution is 5.90. The number of carbonyl (C=O) groups is 2. The first-order chi connectivity index (χ1) is 9.59. The van der Waals surface area contributed by atoms with Crippen LogP contribution < -0.4 is 5.32 Å². The van der Waals surface area contributed by atoms with Gasteiger partial charge in [0.2, 0.25) is 5.91 Å². The van der Waals surface area contributed by atoms with Crippen LogP contribution in [-0.4, -0.2) is 35.7 Å². The predicted molar refractivity (Wildman–Crippen MR) is 73.4 cm³/mol. The van der Waals surface area contributed by atoms with Gasteiger partial charge in [-0.2, -0.15) is 0 Å². The number of aliphatic carboxylic acids is 1. The summed E-state index contributed by atoms with van der Waals surface area (Å²) in [7, 11) is 0. The Bertz CT molecular complexity index is 480. The van der Waals surface area contributed by atoms with E-state index in [0.29, 0.717) is 19.4 Å². The summed E-state index contributed by atoms with van der Waals surface area (Å²) in [6.45, 7) is 2.30. The average molecular weight is 277 g/mol. The SMILES string of the molecule is CCC(C(=O)NC1(C(=O)O)CCOC1)c1ccccc1. The molecule has 2 atom stereocenters. The monoisotopic (exact) mass is 277 g/mol. The molecule has 1 aromatic carbocycles. The molecule has 1 aromatic rings. The van der Waals surface area contributed by atoms with Crippen LogP contribution in [0.5, 0.6) is 0 Å². The van der Waals surface area contributed by atoms with Crippen LogP contribution in [0.3, 0.4) is 0 Å². The van der Waals surface area contributed by atoms with Crippen LogP contribution in [-0.2, 0) is 14.3 Å². The zero-order valence-corrected chi connectivity index (χ0v) is 11.5. The van der Waals surface area contributed by atoms with E-state index < -0.39 is 11.5 Å². The van der Waals surface area contributed by atoms with E-state index in [2.05, 4.69) is 5.32 Å². The second-order valence-corrected chi connectivity index (χ2v) is 5.05. The first-order valence-electron chi connectivity index (χ1n) is 6.77. The Morgan fingerprint density at radius 3 is 2.60 bits per heavy atom. The zero-order chi connectivity index (χ0) is 14.6. The quantitative estimate of drug-likeness (QED) is 0.856. The number of amides is 1. The van der Waals surface area contributed by atoms with Gasteiger partial charge < -0.3 is 15.2 Å². The summed E-state index contributed by atoms with van der Waals surface area (Å²) in [6.07, 6.45) is 0.922. The fourth-order valence-corrected chi connectivity index (χ4v) is 2.47. The van der Waals surface area contributed by atoms with Crippen molar-refractivity contribution in [2.45, 2.75) is 31.2 Å². The van der Waals surface area contributed by atoms with E-state index in [1.54, 1.807) is 0 Å². The minimum atomic E-state index is -1.28. The minimum absolute atomic E-state index is 0.0271. The molecule has 1 saturated heterocycles. The van der Waals surface area contributed by atoms with Crippen molar-refractivity contribution in [3.63, 3.8) is 0 Å². The van der Waals surface area contributed by atoms with Crippen LogP contribution in [0.2, 0.25) is 0 Å². The lowest BCUT2D eigenvalue weighted by molar-refractivity contribution is -0.147. The summed E-state index contributed by atoms with van der Waals surface area (Å²) in [4.78, 5) is 23.8. The van der Waals surface area contributed by atoms with Crippen molar-refractivity contribution >= 4 is 11.9 Å². The van der Waals surface area contributed by atoms with E-state index in [-0.39, 0.29) is 18.4 Å². The number of rotatable bonds is 5. The van der Waals surface area contributed by atoms with E-state index >= 15 is 0 Å². The lowest BCUT2D eigenvalue weighted by atomic mass is 9.92. The Kier molecular flexibility index (Phi) is 4.39. The van der Waals surface area contributed by atoms with Crippen LogP contribution in [0, 0.1) is 0 Å². The molecule has 0 spiro atoms. The number of carboxylic acids is 1. The Hall–Kier alpha value is -1.88. The van der Waals surface area contributed by atoms with E-state index in [1.165, 1.54) is 0 Å². The Morgan fingerprint density at radius 2 is 2.10 bits per heavy atom. The normalized spacial score (nSPS) is 23.2. The van der Waals surface area contributed by atoms with Gasteiger partial charge in [0.25, 0.3) is 0 Å². The van der Waals surface area contributed by atoms with Gasteiger partial charge in [-0.3, -0.25) is 4.79 Å². The summed E-state index contributed by atoms with van der Waals surface area (Å²) in [6, 6.07) is 9.39. The number of carbonyl (C=O) groups excluding carboxylic acids is 1. The second kappa shape index (κ2) is 6.05. The standard InChI is InChI=1S/C15H19NO4/c1-2-12(11-6-4-3-5-7-11)13(17)16-15(14(18)19)8-9-20-10-15/h3-7,12H,2,8-10H2,1H3,(H,16,17)(H,18,19). The first-order valence-corrected chi connectivity index (χ1v) is 6.77. The summed E-state index contributed by atoms with van der Waals surface area (Å²) in [5.41, 5.74) is -0.383. The maximum absolute atomic E-state index is 12.4. The summed E-state index contributed by atoms with van der Waals surface area (Å²) < 4.78 is 5.15. The number of nitrogens with one attached hydrogen (secondary N) is 1. The van der Waals surface area contributed by atoms with E-state index in [0.717, 1.165) is 5.56 Å². The first kappa shape index (κ1) is 14.5. The maximum atomic E-state index is 12.4. The third-order valence-corrected chi connectivity index (χ3v) is 3.72. The molecule has 0 saturated carbocycles. The van der Waals surface area contributed by atoms with Crippen molar-refractivity contribution < 1.29 is 19.4 Å². The summed E-state index contributed by atoms with van der Waals surface area (Å²) >= 11 is 0. The van der Waals surface area contributed by atoms with Gasteiger partial charge >= 0.3 is 5.97 Å². The number of hydrogen-bond acceptors (Lipinski definition) is 3. The van der Waals surface area contributed by atoms with E-state index in [9.17, 15) is 14.7 Å². The highest BCUT2D eigenvalue weighted by Crippen LogP contribution is 2.24. The molecule has 108 valence electrons. The maximum Gasteiger partial charge on any atom is 0.331 e. The molecule has 1 aliphatic heterocycles. The summed E-state index contributed by atoms with van der Waals surface area (Å²) in [5.74, 6) is -1.63. The van der Waals surface area contributed by atoms with Gasteiger partial charge in [-0.15, -0.1) is 0 Å². The molecular weight excluding hydrogens is 258 g/mol. The number of benzene rings is 1. The largest absolute Gasteiger partial charge is 0.479 e. The molecule has 0 bridgehead atoms. The van der Waals surface area contributed by atoms with Crippen LogP contribution >= 0.6 is 0 Å². The lowest BCUT2D eigenvalue weighted by Gasteiger charge is -2.26. The highest BCUT2D eigenvalue weighted by Gasteiger charge is 2.44. The molecule has 1 amide bonds. The molecule has 2 rings (SSSR count). The third kappa shape index (κ3) is 2.82. The van der Waals surface area contributed by atoms with Crippen molar-refractivity contribution in [2.75, 3.05) is 13.2 Å². The number of carboxylic acid groups (broad SMARTS) is 1. The molecule has 2 N–H and O–H groups in total. The molecule has 20 heavy (non-hydrogen) atoms. The summed E-state index contributed by atoms with van der Waals surface area (Å²) in [5, 5.41) is 12.0. The molecule has 0 aromatic heterocycles. The molecular formula is C15H19NO4. The van der Waals surface area contributed by atoms with Gasteiger partial charge in [0.1, 0.15) is 0 Å². The second-order valence-electron chi connectivity index (χ2n) is 5.05. The molecule has 0 aliphatic carbocycles. The predicted octanol–water partition coefficient (Wildman–Crippen LogP) is 1.54. The molecule has 5 heteroatoms. The molecule has 2 unspecified atom stereocenters. The number of hydrogen-bond donors (Lipinski definition) is 2. The molecule has 5 nitrogen and oxygen atoms in total. The van der Waals surface area contributed by atoms with Crippen LogP contribution in [0.4, 0.5) is 0 Å². The van der Waals surface area contributed by atoms with Gasteiger partial charge in [-0.05, 0) is 12.0 Å². The van der Waals surface area contributed by atoms with Crippen molar-refractivity contribution in [3.05, 3.63) is 35.9 Å². The Balaban J connectivity index is 2.15. The van der Waals surface area contributed by atoms with Gasteiger partial charge in [0, 0.05) is 13.0 Å². The van der Waals surface area contributed by atoms with Gasteiger partial charge in [0.15, 0.2) is 5.54 Å². The van der Waals surface area contributed by atoms with Crippen LogP contribution in [0.1, 0.15) is 31.2 Å². The fourth-order valence-electron chi connectivity index (χ4n) is 2.47. The van der Waals surface area contributed by atoms with Crippen molar-refractivity contribution in [3.8, 4) is 0 Å². The zero-order valence-electron chi connectivity index (χ0n) is 11.5. The van der Waals surface area contributed by atoms with Gasteiger partial charge in [0.05, 0.1) is 12.5 Å². The number of ether oxygens (including phenoxy) is 1.